The third kappa shape index (κ3) is 3.17. The highest BCUT2D eigenvalue weighted by atomic mass is 35.5. The number of hydrogen-bond acceptors (Lipinski definition) is 3. The van der Waals surface area contributed by atoms with Crippen LogP contribution in [0.5, 0.6) is 0 Å². The first-order valence-corrected chi connectivity index (χ1v) is 6.23. The summed E-state index contributed by atoms with van der Waals surface area (Å²) in [4.78, 5) is 10.4. The van der Waals surface area contributed by atoms with Crippen molar-refractivity contribution in [2.24, 2.45) is 0 Å². The second kappa shape index (κ2) is 5.47. The predicted octanol–water partition coefficient (Wildman–Crippen LogP) is 3.45. The third-order valence-electron chi connectivity index (χ3n) is 3.08. The van der Waals surface area contributed by atoms with E-state index >= 15 is 0 Å². The molecule has 0 radical (unpaired) electrons. The van der Waals surface area contributed by atoms with Crippen LogP contribution < -0.4 is 5.32 Å². The fourth-order valence-electron chi connectivity index (χ4n) is 2.22. The molecule has 1 unspecified atom stereocenters. The molecular weight excluding hydrogens is 240 g/mol. The van der Waals surface area contributed by atoms with Crippen LogP contribution in [0.1, 0.15) is 37.3 Å². The van der Waals surface area contributed by atoms with Gasteiger partial charge in [-0.15, -0.1) is 0 Å². The predicted molar refractivity (Wildman–Crippen MR) is 67.3 cm³/mol. The number of nitro groups is 1. The molecule has 0 bridgehead atoms. The molecule has 1 saturated heterocycles. The van der Waals surface area contributed by atoms with Gasteiger partial charge >= 0.3 is 0 Å². The zero-order valence-corrected chi connectivity index (χ0v) is 10.2. The molecule has 1 aliphatic heterocycles. The fraction of sp³-hybridized carbons (Fsp3) is 0.500. The van der Waals surface area contributed by atoms with Crippen molar-refractivity contribution in [3.63, 3.8) is 0 Å². The molecule has 4 nitrogen and oxygen atoms in total. The molecule has 1 aromatic rings. The number of nitro benzene ring substituents is 1. The number of nitrogens with zero attached hydrogens (tertiary/aromatic N) is 1. The second-order valence-corrected chi connectivity index (χ2v) is 4.79. The number of hydrogen-bond donors (Lipinski definition) is 1. The molecule has 0 aromatic heterocycles. The van der Waals surface area contributed by atoms with E-state index in [2.05, 4.69) is 5.32 Å². The van der Waals surface area contributed by atoms with Gasteiger partial charge in [-0.05, 0) is 31.0 Å². The molecule has 1 N–H and O–H groups in total. The second-order valence-electron chi connectivity index (χ2n) is 4.36. The standard InChI is InChI=1S/C12H15ClN2O2/c13-10-6-9(7-11(8-10)15(16)17)12-4-2-1-3-5-14-12/h6-8,12,14H,1-5H2. The average Bonchev–Trinajstić information content (AvgIpc) is 2.56. The van der Waals surface area contributed by atoms with E-state index in [1.807, 2.05) is 6.07 Å². The first kappa shape index (κ1) is 12.3. The number of nitrogens with one attached hydrogen (secondary N) is 1. The molecule has 1 heterocycles. The molecule has 0 spiro atoms. The molecule has 1 atom stereocenters. The average molecular weight is 255 g/mol. The van der Waals surface area contributed by atoms with E-state index < -0.39 is 4.92 Å². The first-order valence-electron chi connectivity index (χ1n) is 5.85. The van der Waals surface area contributed by atoms with Gasteiger partial charge in [0, 0.05) is 23.2 Å². The van der Waals surface area contributed by atoms with Gasteiger partial charge in [-0.1, -0.05) is 24.4 Å². The van der Waals surface area contributed by atoms with E-state index in [1.54, 1.807) is 6.07 Å². The molecule has 1 aromatic carbocycles. The lowest BCUT2D eigenvalue weighted by atomic mass is 10.0. The first-order chi connectivity index (χ1) is 8.16. The largest absolute Gasteiger partial charge is 0.310 e. The Morgan fingerprint density at radius 1 is 1.29 bits per heavy atom. The van der Waals surface area contributed by atoms with E-state index in [4.69, 9.17) is 11.6 Å². The van der Waals surface area contributed by atoms with Crippen molar-refractivity contribution < 1.29 is 4.92 Å². The molecule has 5 heteroatoms. The lowest BCUT2D eigenvalue weighted by Crippen LogP contribution is -2.20. The van der Waals surface area contributed by atoms with E-state index in [9.17, 15) is 10.1 Å². The molecule has 0 saturated carbocycles. The highest BCUT2D eigenvalue weighted by Crippen LogP contribution is 2.28. The van der Waals surface area contributed by atoms with Crippen molar-refractivity contribution in [3.8, 4) is 0 Å². The van der Waals surface area contributed by atoms with Gasteiger partial charge in [-0.25, -0.2) is 0 Å². The van der Waals surface area contributed by atoms with Gasteiger partial charge in [-0.2, -0.15) is 0 Å². The van der Waals surface area contributed by atoms with Crippen molar-refractivity contribution in [1.82, 2.24) is 5.32 Å². The van der Waals surface area contributed by atoms with Crippen LogP contribution in [0.2, 0.25) is 5.02 Å². The summed E-state index contributed by atoms with van der Waals surface area (Å²) in [6.07, 6.45) is 4.54. The van der Waals surface area contributed by atoms with Crippen LogP contribution in [0.15, 0.2) is 18.2 Å². The van der Waals surface area contributed by atoms with Gasteiger partial charge in [0.25, 0.3) is 5.69 Å². The van der Waals surface area contributed by atoms with Crippen LogP contribution in [-0.4, -0.2) is 11.5 Å². The smallest absolute Gasteiger partial charge is 0.271 e. The summed E-state index contributed by atoms with van der Waals surface area (Å²) in [6.45, 7) is 0.963. The van der Waals surface area contributed by atoms with E-state index in [0.717, 1.165) is 24.9 Å². The lowest BCUT2D eigenvalue weighted by Gasteiger charge is -2.16. The Labute approximate surface area is 105 Å². The van der Waals surface area contributed by atoms with Crippen molar-refractivity contribution in [2.45, 2.75) is 31.7 Å². The minimum Gasteiger partial charge on any atom is -0.310 e. The SMILES string of the molecule is O=[N+]([O-])c1cc(Cl)cc(C2CCCCCN2)c1. The molecule has 0 amide bonds. The maximum absolute atomic E-state index is 10.8. The van der Waals surface area contributed by atoms with Crippen molar-refractivity contribution >= 4 is 17.3 Å². The molecule has 92 valence electrons. The number of rotatable bonds is 2. The molecule has 1 fully saturated rings. The number of non-ortho nitro benzene ring substituents is 1. The quantitative estimate of drug-likeness (QED) is 0.650. The Balaban J connectivity index is 2.27. The molecule has 1 aliphatic rings. The normalized spacial score (nSPS) is 20.9. The van der Waals surface area contributed by atoms with Crippen molar-refractivity contribution in [3.05, 3.63) is 38.9 Å². The van der Waals surface area contributed by atoms with E-state index in [0.29, 0.717) is 5.02 Å². The lowest BCUT2D eigenvalue weighted by molar-refractivity contribution is -0.384. The van der Waals surface area contributed by atoms with Gasteiger partial charge in [0.05, 0.1) is 4.92 Å². The summed E-state index contributed by atoms with van der Waals surface area (Å²) in [5, 5.41) is 14.6. The Hall–Kier alpha value is -1.13. The monoisotopic (exact) mass is 254 g/mol. The van der Waals surface area contributed by atoms with Crippen molar-refractivity contribution in [1.29, 1.82) is 0 Å². The summed E-state index contributed by atoms with van der Waals surface area (Å²) in [6, 6.07) is 5.02. The summed E-state index contributed by atoms with van der Waals surface area (Å²) in [7, 11) is 0. The topological polar surface area (TPSA) is 55.2 Å². The van der Waals surface area contributed by atoms with Crippen LogP contribution in [0.4, 0.5) is 5.69 Å². The van der Waals surface area contributed by atoms with Gasteiger partial charge in [0.15, 0.2) is 0 Å². The van der Waals surface area contributed by atoms with Crippen LogP contribution in [-0.2, 0) is 0 Å². The minimum absolute atomic E-state index is 0.0681. The molecule has 17 heavy (non-hydrogen) atoms. The summed E-state index contributed by atoms with van der Waals surface area (Å²) in [5.74, 6) is 0. The Morgan fingerprint density at radius 3 is 2.88 bits per heavy atom. The molecule has 2 rings (SSSR count). The van der Waals surface area contributed by atoms with Crippen LogP contribution in [0.25, 0.3) is 0 Å². The third-order valence-corrected chi connectivity index (χ3v) is 3.30. The summed E-state index contributed by atoms with van der Waals surface area (Å²) < 4.78 is 0. The van der Waals surface area contributed by atoms with Crippen LogP contribution in [0, 0.1) is 10.1 Å². The Bertz CT molecular complexity index is 415. The molecular formula is C12H15ClN2O2. The number of halogens is 1. The summed E-state index contributed by atoms with van der Waals surface area (Å²) in [5.41, 5.74) is 0.990. The van der Waals surface area contributed by atoms with Crippen LogP contribution >= 0.6 is 11.6 Å². The van der Waals surface area contributed by atoms with Crippen LogP contribution in [0.3, 0.4) is 0 Å². The highest BCUT2D eigenvalue weighted by Gasteiger charge is 2.17. The maximum Gasteiger partial charge on any atom is 0.271 e. The van der Waals surface area contributed by atoms with Gasteiger partial charge in [0.2, 0.25) is 0 Å². The fourth-order valence-corrected chi connectivity index (χ4v) is 2.45. The maximum atomic E-state index is 10.8. The zero-order valence-electron chi connectivity index (χ0n) is 9.49. The zero-order chi connectivity index (χ0) is 12.3. The minimum atomic E-state index is -0.397. The van der Waals surface area contributed by atoms with Gasteiger partial charge in [-0.3, -0.25) is 10.1 Å². The van der Waals surface area contributed by atoms with Gasteiger partial charge in [0.1, 0.15) is 0 Å². The number of benzene rings is 1. The Kier molecular flexibility index (Phi) is 3.97. The highest BCUT2D eigenvalue weighted by molar-refractivity contribution is 6.30. The van der Waals surface area contributed by atoms with E-state index in [-0.39, 0.29) is 11.7 Å². The van der Waals surface area contributed by atoms with E-state index in [1.165, 1.54) is 18.9 Å². The van der Waals surface area contributed by atoms with Crippen molar-refractivity contribution in [2.75, 3.05) is 6.54 Å². The summed E-state index contributed by atoms with van der Waals surface area (Å²) >= 11 is 5.92. The van der Waals surface area contributed by atoms with Gasteiger partial charge < -0.3 is 5.32 Å². The Morgan fingerprint density at radius 2 is 2.12 bits per heavy atom. The molecule has 0 aliphatic carbocycles.